The molecule has 0 aliphatic rings. The molecule has 0 saturated carbocycles. The van der Waals surface area contributed by atoms with E-state index in [2.05, 4.69) is 45.0 Å². The van der Waals surface area contributed by atoms with Crippen molar-refractivity contribution in [2.75, 3.05) is 5.32 Å². The molecule has 0 spiro atoms. The highest BCUT2D eigenvalue weighted by Crippen LogP contribution is 2.19. The SMILES string of the molecule is CCc1nsc(NC(C)c2nccn2CC)n1. The second-order valence-corrected chi connectivity index (χ2v) is 4.56. The van der Waals surface area contributed by atoms with Gasteiger partial charge in [0, 0.05) is 36.9 Å². The van der Waals surface area contributed by atoms with E-state index in [1.54, 1.807) is 0 Å². The maximum absolute atomic E-state index is 4.39. The zero-order valence-electron chi connectivity index (χ0n) is 10.3. The summed E-state index contributed by atoms with van der Waals surface area (Å²) in [5.74, 6) is 1.92. The molecule has 1 atom stereocenters. The third-order valence-corrected chi connectivity index (χ3v) is 3.28. The van der Waals surface area contributed by atoms with Crippen molar-refractivity contribution in [1.82, 2.24) is 18.9 Å². The van der Waals surface area contributed by atoms with Crippen LogP contribution in [-0.4, -0.2) is 18.9 Å². The van der Waals surface area contributed by atoms with Crippen LogP contribution in [0.2, 0.25) is 0 Å². The Morgan fingerprint density at radius 3 is 2.94 bits per heavy atom. The Labute approximate surface area is 105 Å². The van der Waals surface area contributed by atoms with E-state index in [0.29, 0.717) is 0 Å². The molecule has 17 heavy (non-hydrogen) atoms. The molecule has 0 fully saturated rings. The molecule has 1 unspecified atom stereocenters. The van der Waals surface area contributed by atoms with Crippen LogP contribution in [0.1, 0.15) is 38.5 Å². The maximum Gasteiger partial charge on any atom is 0.203 e. The van der Waals surface area contributed by atoms with Gasteiger partial charge in [-0.25, -0.2) is 9.97 Å². The van der Waals surface area contributed by atoms with Gasteiger partial charge < -0.3 is 9.88 Å². The minimum absolute atomic E-state index is 0.141. The van der Waals surface area contributed by atoms with E-state index < -0.39 is 0 Å². The zero-order valence-corrected chi connectivity index (χ0v) is 11.2. The quantitative estimate of drug-likeness (QED) is 0.887. The van der Waals surface area contributed by atoms with Crippen LogP contribution in [0.4, 0.5) is 5.13 Å². The predicted molar refractivity (Wildman–Crippen MR) is 69.2 cm³/mol. The highest BCUT2D eigenvalue weighted by atomic mass is 32.1. The molecule has 0 bridgehead atoms. The number of imidazole rings is 1. The third kappa shape index (κ3) is 2.63. The van der Waals surface area contributed by atoms with E-state index in [4.69, 9.17) is 0 Å². The van der Waals surface area contributed by atoms with E-state index in [9.17, 15) is 0 Å². The summed E-state index contributed by atoms with van der Waals surface area (Å²) in [4.78, 5) is 8.76. The summed E-state index contributed by atoms with van der Waals surface area (Å²) >= 11 is 1.40. The molecule has 0 saturated heterocycles. The fourth-order valence-corrected chi connectivity index (χ4v) is 2.41. The molecule has 2 heterocycles. The van der Waals surface area contributed by atoms with Crippen LogP contribution >= 0.6 is 11.5 Å². The molecule has 0 aliphatic carbocycles. The summed E-state index contributed by atoms with van der Waals surface area (Å²) in [6.07, 6.45) is 4.69. The second kappa shape index (κ2) is 5.27. The Hall–Kier alpha value is -1.43. The summed E-state index contributed by atoms with van der Waals surface area (Å²) in [7, 11) is 0. The number of nitrogens with zero attached hydrogens (tertiary/aromatic N) is 4. The number of hydrogen-bond acceptors (Lipinski definition) is 5. The van der Waals surface area contributed by atoms with Crippen LogP contribution in [-0.2, 0) is 13.0 Å². The molecule has 1 N–H and O–H groups in total. The molecule has 2 aromatic rings. The third-order valence-electron chi connectivity index (χ3n) is 2.60. The van der Waals surface area contributed by atoms with Crippen LogP contribution in [0, 0.1) is 0 Å². The van der Waals surface area contributed by atoms with Crippen LogP contribution in [0.15, 0.2) is 12.4 Å². The standard InChI is InChI=1S/C11H17N5S/c1-4-9-14-11(17-15-9)13-8(3)10-12-6-7-16(10)5-2/h6-8H,4-5H2,1-3H3,(H,13,14,15). The van der Waals surface area contributed by atoms with Crippen LogP contribution in [0.3, 0.4) is 0 Å². The lowest BCUT2D eigenvalue weighted by Gasteiger charge is -2.13. The van der Waals surface area contributed by atoms with Gasteiger partial charge >= 0.3 is 0 Å². The molecule has 0 amide bonds. The first-order valence-corrected chi connectivity index (χ1v) is 6.62. The van der Waals surface area contributed by atoms with Crippen molar-refractivity contribution >= 4 is 16.7 Å². The number of aryl methyl sites for hydroxylation is 2. The Morgan fingerprint density at radius 1 is 1.47 bits per heavy atom. The largest absolute Gasteiger partial charge is 0.351 e. The van der Waals surface area contributed by atoms with Crippen LogP contribution in [0.5, 0.6) is 0 Å². The summed E-state index contributed by atoms with van der Waals surface area (Å²) in [6, 6.07) is 0.141. The van der Waals surface area contributed by atoms with Crippen molar-refractivity contribution in [3.8, 4) is 0 Å². The maximum atomic E-state index is 4.39. The van der Waals surface area contributed by atoms with Crippen LogP contribution < -0.4 is 5.32 Å². The number of nitrogens with one attached hydrogen (secondary N) is 1. The van der Waals surface area contributed by atoms with Crippen molar-refractivity contribution in [2.24, 2.45) is 0 Å². The van der Waals surface area contributed by atoms with Crippen molar-refractivity contribution in [2.45, 2.75) is 39.8 Å². The van der Waals surface area contributed by atoms with E-state index in [1.165, 1.54) is 11.5 Å². The molecule has 92 valence electrons. The van der Waals surface area contributed by atoms with E-state index >= 15 is 0 Å². The normalized spacial score (nSPS) is 12.6. The van der Waals surface area contributed by atoms with Gasteiger partial charge in [0.2, 0.25) is 5.13 Å². The van der Waals surface area contributed by atoms with Crippen LogP contribution in [0.25, 0.3) is 0 Å². The van der Waals surface area contributed by atoms with E-state index in [0.717, 1.165) is 29.7 Å². The molecule has 2 rings (SSSR count). The van der Waals surface area contributed by atoms with Gasteiger partial charge in [0.05, 0.1) is 6.04 Å². The molecule has 0 radical (unpaired) electrons. The van der Waals surface area contributed by atoms with Crippen molar-refractivity contribution in [3.63, 3.8) is 0 Å². The average Bonchev–Trinajstić information content (AvgIpc) is 2.96. The predicted octanol–water partition coefficient (Wildman–Crippen LogP) is 2.49. The monoisotopic (exact) mass is 251 g/mol. The summed E-state index contributed by atoms with van der Waals surface area (Å²) < 4.78 is 6.38. The molecule has 0 aromatic carbocycles. The first kappa shape index (κ1) is 12.0. The van der Waals surface area contributed by atoms with Crippen molar-refractivity contribution in [3.05, 3.63) is 24.0 Å². The summed E-state index contributed by atoms with van der Waals surface area (Å²) in [6.45, 7) is 7.18. The number of rotatable bonds is 5. The van der Waals surface area contributed by atoms with Gasteiger partial charge in [-0.05, 0) is 13.8 Å². The van der Waals surface area contributed by atoms with Gasteiger partial charge in [0.25, 0.3) is 0 Å². The molecule has 5 nitrogen and oxygen atoms in total. The Kier molecular flexibility index (Phi) is 3.73. The van der Waals surface area contributed by atoms with Gasteiger partial charge in [-0.3, -0.25) is 0 Å². The Morgan fingerprint density at radius 2 is 2.29 bits per heavy atom. The minimum Gasteiger partial charge on any atom is -0.351 e. The fraction of sp³-hybridized carbons (Fsp3) is 0.545. The lowest BCUT2D eigenvalue weighted by atomic mass is 10.3. The first-order valence-electron chi connectivity index (χ1n) is 5.84. The van der Waals surface area contributed by atoms with Gasteiger partial charge in [0.15, 0.2) is 0 Å². The number of anilines is 1. The van der Waals surface area contributed by atoms with E-state index in [1.807, 2.05) is 12.4 Å². The van der Waals surface area contributed by atoms with Gasteiger partial charge in [0.1, 0.15) is 11.6 Å². The highest BCUT2D eigenvalue weighted by Gasteiger charge is 2.13. The average molecular weight is 251 g/mol. The van der Waals surface area contributed by atoms with Gasteiger partial charge in [-0.2, -0.15) is 4.37 Å². The number of aromatic nitrogens is 4. The highest BCUT2D eigenvalue weighted by molar-refractivity contribution is 7.09. The fourth-order valence-electron chi connectivity index (χ4n) is 1.67. The van der Waals surface area contributed by atoms with Gasteiger partial charge in [-0.15, -0.1) is 0 Å². The Balaban J connectivity index is 2.08. The zero-order chi connectivity index (χ0) is 12.3. The van der Waals surface area contributed by atoms with Crippen molar-refractivity contribution < 1.29 is 0 Å². The molecule has 6 heteroatoms. The van der Waals surface area contributed by atoms with Gasteiger partial charge in [-0.1, -0.05) is 6.92 Å². The summed E-state index contributed by atoms with van der Waals surface area (Å²) in [5.41, 5.74) is 0. The molecular formula is C11H17N5S. The lowest BCUT2D eigenvalue weighted by Crippen LogP contribution is -2.13. The lowest BCUT2D eigenvalue weighted by molar-refractivity contribution is 0.658. The number of hydrogen-bond donors (Lipinski definition) is 1. The molecular weight excluding hydrogens is 234 g/mol. The topological polar surface area (TPSA) is 55.6 Å². The first-order chi connectivity index (χ1) is 8.24. The van der Waals surface area contributed by atoms with E-state index in [-0.39, 0.29) is 6.04 Å². The molecule has 0 aliphatic heterocycles. The second-order valence-electron chi connectivity index (χ2n) is 3.81. The summed E-state index contributed by atoms with van der Waals surface area (Å²) in [5, 5.41) is 4.20. The van der Waals surface area contributed by atoms with Crippen molar-refractivity contribution in [1.29, 1.82) is 0 Å². The smallest absolute Gasteiger partial charge is 0.203 e. The minimum atomic E-state index is 0.141. The molecule has 2 aromatic heterocycles. The Bertz CT molecular complexity index is 476.